The molecule has 1 aliphatic carbocycles. The monoisotopic (exact) mass is 265 g/mol. The van der Waals surface area contributed by atoms with Crippen molar-refractivity contribution in [2.45, 2.75) is 32.7 Å². The Morgan fingerprint density at radius 2 is 1.95 bits per heavy atom. The molecule has 6 nitrogen and oxygen atoms in total. The maximum Gasteiger partial charge on any atom is 0.306 e. The molecule has 1 aliphatic rings. The predicted molar refractivity (Wildman–Crippen MR) is 68.9 cm³/mol. The molecule has 6 heteroatoms. The average Bonchev–Trinajstić information content (AvgIpc) is 2.49. The number of carbonyl (C=O) groups excluding carboxylic acids is 1. The van der Waals surface area contributed by atoms with E-state index in [9.17, 15) is 9.59 Å². The number of carboxylic acid groups (broad SMARTS) is 1. The molecule has 0 saturated heterocycles. The number of aryl methyl sites for hydroxylation is 2. The van der Waals surface area contributed by atoms with Crippen LogP contribution in [0.5, 0.6) is 0 Å². The van der Waals surface area contributed by atoms with Gasteiger partial charge in [-0.15, -0.1) is 0 Å². The van der Waals surface area contributed by atoms with Gasteiger partial charge >= 0.3 is 5.97 Å². The minimum Gasteiger partial charge on any atom is -0.481 e. The predicted octanol–water partition coefficient (Wildman–Crippen LogP) is 0.972. The molecule has 1 heterocycles. The Labute approximate surface area is 112 Å². The summed E-state index contributed by atoms with van der Waals surface area (Å²) in [5.74, 6) is -1.15. The van der Waals surface area contributed by atoms with Crippen molar-refractivity contribution >= 4 is 11.9 Å². The molecular weight excluding hydrogens is 246 g/mol. The third kappa shape index (κ3) is 2.22. The van der Waals surface area contributed by atoms with Crippen LogP contribution in [-0.2, 0) is 11.8 Å². The molecule has 1 aromatic heterocycles. The number of aromatic nitrogens is 2. The number of hydrogen-bond donors (Lipinski definition) is 1. The van der Waals surface area contributed by atoms with Crippen LogP contribution in [0.1, 0.15) is 34.6 Å². The summed E-state index contributed by atoms with van der Waals surface area (Å²) in [5, 5.41) is 13.1. The van der Waals surface area contributed by atoms with Crippen LogP contribution in [0.2, 0.25) is 0 Å². The smallest absolute Gasteiger partial charge is 0.306 e. The van der Waals surface area contributed by atoms with Crippen molar-refractivity contribution in [1.29, 1.82) is 0 Å². The molecule has 1 aromatic rings. The van der Waals surface area contributed by atoms with Gasteiger partial charge in [0.2, 0.25) is 0 Å². The van der Waals surface area contributed by atoms with E-state index in [1.165, 1.54) is 0 Å². The van der Waals surface area contributed by atoms with Gasteiger partial charge in [0, 0.05) is 25.8 Å². The third-order valence-electron chi connectivity index (χ3n) is 4.05. The molecule has 0 radical (unpaired) electrons. The minimum atomic E-state index is -0.772. The summed E-state index contributed by atoms with van der Waals surface area (Å²) in [5.41, 5.74) is 2.18. The molecule has 0 aliphatic heterocycles. The minimum absolute atomic E-state index is 0.0209. The summed E-state index contributed by atoms with van der Waals surface area (Å²) in [7, 11) is 3.54. The number of aliphatic carboxylic acids is 1. The summed E-state index contributed by atoms with van der Waals surface area (Å²) in [4.78, 5) is 24.9. The molecule has 1 fully saturated rings. The first kappa shape index (κ1) is 13.6. The summed E-state index contributed by atoms with van der Waals surface area (Å²) >= 11 is 0. The first-order valence-electron chi connectivity index (χ1n) is 6.33. The van der Waals surface area contributed by atoms with Crippen LogP contribution in [0.15, 0.2) is 0 Å². The summed E-state index contributed by atoms with van der Waals surface area (Å²) in [6.07, 6.45) is 1.08. The fraction of sp³-hybridized carbons (Fsp3) is 0.615. The largest absolute Gasteiger partial charge is 0.481 e. The highest BCUT2D eigenvalue weighted by molar-refractivity contribution is 5.96. The van der Waals surface area contributed by atoms with Gasteiger partial charge in [-0.1, -0.05) is 0 Å². The maximum atomic E-state index is 12.4. The van der Waals surface area contributed by atoms with Crippen LogP contribution >= 0.6 is 0 Å². The van der Waals surface area contributed by atoms with Gasteiger partial charge in [0.25, 0.3) is 5.91 Å². The highest BCUT2D eigenvalue weighted by atomic mass is 16.4. The van der Waals surface area contributed by atoms with Crippen molar-refractivity contribution in [3.63, 3.8) is 0 Å². The van der Waals surface area contributed by atoms with Crippen LogP contribution in [-0.4, -0.2) is 44.8 Å². The highest BCUT2D eigenvalue weighted by Gasteiger charge is 2.39. The summed E-state index contributed by atoms with van der Waals surface area (Å²) < 4.78 is 1.69. The normalized spacial score (nSPS) is 21.9. The number of rotatable bonds is 3. The van der Waals surface area contributed by atoms with Gasteiger partial charge in [-0.25, -0.2) is 0 Å². The lowest BCUT2D eigenvalue weighted by atomic mass is 9.79. The molecule has 19 heavy (non-hydrogen) atoms. The van der Waals surface area contributed by atoms with Gasteiger partial charge in [-0.3, -0.25) is 14.3 Å². The van der Waals surface area contributed by atoms with Gasteiger partial charge in [0.05, 0.1) is 17.2 Å². The van der Waals surface area contributed by atoms with E-state index in [1.807, 2.05) is 20.9 Å². The average molecular weight is 265 g/mol. The maximum absolute atomic E-state index is 12.4. The number of carbonyl (C=O) groups is 2. The van der Waals surface area contributed by atoms with E-state index in [0.717, 1.165) is 5.69 Å². The lowest BCUT2D eigenvalue weighted by Gasteiger charge is -2.39. The van der Waals surface area contributed by atoms with E-state index in [2.05, 4.69) is 5.10 Å². The van der Waals surface area contributed by atoms with Crippen LogP contribution in [0.3, 0.4) is 0 Å². The van der Waals surface area contributed by atoms with Crippen molar-refractivity contribution in [2.75, 3.05) is 7.05 Å². The fourth-order valence-electron chi connectivity index (χ4n) is 2.53. The van der Waals surface area contributed by atoms with Gasteiger partial charge in [0.15, 0.2) is 0 Å². The molecule has 0 unspecified atom stereocenters. The van der Waals surface area contributed by atoms with Crippen molar-refractivity contribution in [1.82, 2.24) is 14.7 Å². The zero-order valence-corrected chi connectivity index (χ0v) is 11.7. The van der Waals surface area contributed by atoms with E-state index in [-0.39, 0.29) is 17.9 Å². The standard InChI is InChI=1S/C13H19N3O3/c1-7-11(8(2)16(4)14-7)12(17)15(3)10-5-9(6-10)13(18)19/h9-10H,5-6H2,1-4H3,(H,18,19). The van der Waals surface area contributed by atoms with Gasteiger partial charge in [0.1, 0.15) is 0 Å². The quantitative estimate of drug-likeness (QED) is 0.883. The van der Waals surface area contributed by atoms with Crippen LogP contribution in [0.25, 0.3) is 0 Å². The molecule has 0 atom stereocenters. The third-order valence-corrected chi connectivity index (χ3v) is 4.05. The first-order valence-corrected chi connectivity index (χ1v) is 6.33. The first-order chi connectivity index (χ1) is 8.82. The van der Waals surface area contributed by atoms with Crippen molar-refractivity contribution in [3.05, 3.63) is 17.0 Å². The van der Waals surface area contributed by atoms with Crippen molar-refractivity contribution in [3.8, 4) is 0 Å². The number of carboxylic acids is 1. The van der Waals surface area contributed by atoms with Gasteiger partial charge < -0.3 is 10.0 Å². The van der Waals surface area contributed by atoms with Crippen LogP contribution in [0.4, 0.5) is 0 Å². The molecule has 1 saturated carbocycles. The van der Waals surface area contributed by atoms with E-state index in [1.54, 1.807) is 16.6 Å². The molecule has 1 amide bonds. The molecule has 104 valence electrons. The Morgan fingerprint density at radius 1 is 1.37 bits per heavy atom. The van der Waals surface area contributed by atoms with Gasteiger partial charge in [-0.2, -0.15) is 5.10 Å². The Hall–Kier alpha value is -1.85. The second-order valence-corrected chi connectivity index (χ2v) is 5.25. The Balaban J connectivity index is 2.10. The Morgan fingerprint density at radius 3 is 2.37 bits per heavy atom. The van der Waals surface area contributed by atoms with E-state index in [0.29, 0.717) is 24.1 Å². The molecule has 0 spiro atoms. The zero-order chi connectivity index (χ0) is 14.3. The highest BCUT2D eigenvalue weighted by Crippen LogP contribution is 2.32. The lowest BCUT2D eigenvalue weighted by molar-refractivity contribution is -0.146. The van der Waals surface area contributed by atoms with E-state index < -0.39 is 5.97 Å². The Kier molecular flexibility index (Phi) is 3.34. The Bertz CT molecular complexity index is 529. The molecule has 0 bridgehead atoms. The summed E-state index contributed by atoms with van der Waals surface area (Å²) in [6, 6.07) is 0.0209. The van der Waals surface area contributed by atoms with Crippen molar-refractivity contribution in [2.24, 2.45) is 13.0 Å². The fourth-order valence-corrected chi connectivity index (χ4v) is 2.53. The molecule has 2 rings (SSSR count). The second kappa shape index (κ2) is 4.68. The zero-order valence-electron chi connectivity index (χ0n) is 11.7. The van der Waals surface area contributed by atoms with Crippen LogP contribution < -0.4 is 0 Å². The van der Waals surface area contributed by atoms with E-state index in [4.69, 9.17) is 5.11 Å². The van der Waals surface area contributed by atoms with Crippen LogP contribution in [0, 0.1) is 19.8 Å². The van der Waals surface area contributed by atoms with E-state index >= 15 is 0 Å². The number of hydrogen-bond acceptors (Lipinski definition) is 3. The SMILES string of the molecule is Cc1nn(C)c(C)c1C(=O)N(C)C1CC(C(=O)O)C1. The summed E-state index contributed by atoms with van der Waals surface area (Å²) in [6.45, 7) is 3.68. The molecule has 1 N–H and O–H groups in total. The topological polar surface area (TPSA) is 75.4 Å². The second-order valence-electron chi connectivity index (χ2n) is 5.25. The number of amides is 1. The lowest BCUT2D eigenvalue weighted by Crippen LogP contribution is -2.47. The number of nitrogens with zero attached hydrogens (tertiary/aromatic N) is 3. The van der Waals surface area contributed by atoms with Gasteiger partial charge in [-0.05, 0) is 26.7 Å². The van der Waals surface area contributed by atoms with Crippen molar-refractivity contribution < 1.29 is 14.7 Å². The molecule has 0 aromatic carbocycles. The molecular formula is C13H19N3O3.